The summed E-state index contributed by atoms with van der Waals surface area (Å²) in [5, 5.41) is 19.8. The molecule has 0 atom stereocenters. The minimum atomic E-state index is -1.55. The monoisotopic (exact) mass is 319 g/mol. The zero-order valence-corrected chi connectivity index (χ0v) is 12.5. The maximum atomic E-state index is 11.7. The second-order valence-electron chi connectivity index (χ2n) is 4.35. The average molecular weight is 319 g/mol. The number of aliphatic carboxylic acids is 1. The number of nitrogens with zero attached hydrogens (tertiary/aromatic N) is 1. The highest BCUT2D eigenvalue weighted by atomic mass is 32.1. The Kier molecular flexibility index (Phi) is 4.90. The minimum Gasteiger partial charge on any atom is -0.502 e. The number of carboxylic acid groups (broad SMARTS) is 1. The van der Waals surface area contributed by atoms with Crippen molar-refractivity contribution in [1.29, 1.82) is 0 Å². The van der Waals surface area contributed by atoms with Gasteiger partial charge in [-0.2, -0.15) is 0 Å². The third-order valence-corrected chi connectivity index (χ3v) is 3.65. The first-order valence-electron chi connectivity index (χ1n) is 6.25. The molecule has 6 nitrogen and oxygen atoms in total. The van der Waals surface area contributed by atoms with Crippen LogP contribution in [0.3, 0.4) is 0 Å². The number of ketones is 1. The summed E-state index contributed by atoms with van der Waals surface area (Å²) in [6, 6.07) is 7.47. The Labute approximate surface area is 130 Å². The molecule has 0 bridgehead atoms. The van der Waals surface area contributed by atoms with Crippen LogP contribution in [0.1, 0.15) is 21.1 Å². The number of aliphatic hydroxyl groups excluding tert-OH is 1. The third-order valence-electron chi connectivity index (χ3n) is 2.81. The molecule has 7 heteroatoms. The molecule has 2 aromatic rings. The Morgan fingerprint density at radius 1 is 1.27 bits per heavy atom. The van der Waals surface area contributed by atoms with Crippen molar-refractivity contribution in [3.8, 4) is 5.75 Å². The van der Waals surface area contributed by atoms with Crippen LogP contribution < -0.4 is 4.74 Å². The number of aliphatic hydroxyl groups is 1. The van der Waals surface area contributed by atoms with E-state index in [0.29, 0.717) is 12.5 Å². The van der Waals surface area contributed by atoms with Gasteiger partial charge in [0.25, 0.3) is 0 Å². The summed E-state index contributed by atoms with van der Waals surface area (Å²) in [7, 11) is 1.59. The normalized spacial score (nSPS) is 11.2. The molecule has 0 unspecified atom stereocenters. The number of carbonyl (C=O) groups is 2. The first-order chi connectivity index (χ1) is 10.5. The molecule has 0 fully saturated rings. The van der Waals surface area contributed by atoms with Crippen LogP contribution in [0.4, 0.5) is 0 Å². The molecule has 0 saturated carbocycles. The molecule has 0 aliphatic carbocycles. The van der Waals surface area contributed by atoms with E-state index in [1.165, 1.54) is 16.7 Å². The van der Waals surface area contributed by atoms with Gasteiger partial charge in [0, 0.05) is 17.9 Å². The van der Waals surface area contributed by atoms with E-state index in [4.69, 9.17) is 14.9 Å². The SMILES string of the molecule is COc1ccc(Cc2nc(C(=O)/C=C(\O)C(=O)O)cs2)cc1. The van der Waals surface area contributed by atoms with Crippen molar-refractivity contribution in [3.05, 3.63) is 57.7 Å². The van der Waals surface area contributed by atoms with Crippen molar-refractivity contribution in [2.24, 2.45) is 0 Å². The van der Waals surface area contributed by atoms with E-state index in [2.05, 4.69) is 4.98 Å². The first-order valence-corrected chi connectivity index (χ1v) is 7.13. The van der Waals surface area contributed by atoms with Crippen molar-refractivity contribution >= 4 is 23.1 Å². The van der Waals surface area contributed by atoms with Gasteiger partial charge in [0.1, 0.15) is 11.4 Å². The lowest BCUT2D eigenvalue weighted by atomic mass is 10.1. The topological polar surface area (TPSA) is 96.7 Å². The third kappa shape index (κ3) is 3.92. The summed E-state index contributed by atoms with van der Waals surface area (Å²) in [6.07, 6.45) is 1.20. The van der Waals surface area contributed by atoms with Crippen LogP contribution in [-0.4, -0.2) is 34.1 Å². The number of hydrogen-bond donors (Lipinski definition) is 2. The maximum Gasteiger partial charge on any atom is 0.371 e. The summed E-state index contributed by atoms with van der Waals surface area (Å²) in [5.74, 6) is -2.44. The number of rotatable bonds is 6. The fourth-order valence-corrected chi connectivity index (χ4v) is 2.50. The number of benzene rings is 1. The molecule has 22 heavy (non-hydrogen) atoms. The second-order valence-corrected chi connectivity index (χ2v) is 5.29. The van der Waals surface area contributed by atoms with Crippen molar-refractivity contribution in [2.45, 2.75) is 6.42 Å². The summed E-state index contributed by atoms with van der Waals surface area (Å²) in [5.41, 5.74) is 1.12. The molecular formula is C15H13NO5S. The van der Waals surface area contributed by atoms with Gasteiger partial charge in [0.05, 0.1) is 12.1 Å². The van der Waals surface area contributed by atoms with Gasteiger partial charge in [-0.15, -0.1) is 11.3 Å². The van der Waals surface area contributed by atoms with Gasteiger partial charge in [0.15, 0.2) is 0 Å². The van der Waals surface area contributed by atoms with Gasteiger partial charge >= 0.3 is 5.97 Å². The number of thiazole rings is 1. The fourth-order valence-electron chi connectivity index (χ4n) is 1.68. The molecule has 2 rings (SSSR count). The van der Waals surface area contributed by atoms with E-state index in [1.54, 1.807) is 7.11 Å². The van der Waals surface area contributed by atoms with Crippen molar-refractivity contribution in [2.75, 3.05) is 7.11 Å². The predicted octanol–water partition coefficient (Wildman–Crippen LogP) is 2.45. The van der Waals surface area contributed by atoms with Gasteiger partial charge in [-0.1, -0.05) is 12.1 Å². The van der Waals surface area contributed by atoms with E-state index in [-0.39, 0.29) is 5.69 Å². The molecular weight excluding hydrogens is 306 g/mol. The van der Waals surface area contributed by atoms with Gasteiger partial charge < -0.3 is 14.9 Å². The molecule has 1 aromatic heterocycles. The average Bonchev–Trinajstić information content (AvgIpc) is 2.96. The number of ether oxygens (including phenoxy) is 1. The van der Waals surface area contributed by atoms with E-state index >= 15 is 0 Å². The maximum absolute atomic E-state index is 11.7. The quantitative estimate of drug-likeness (QED) is 0.482. The Morgan fingerprint density at radius 3 is 2.55 bits per heavy atom. The van der Waals surface area contributed by atoms with Crippen LogP contribution in [0.2, 0.25) is 0 Å². The number of hydrogen-bond acceptors (Lipinski definition) is 6. The largest absolute Gasteiger partial charge is 0.502 e. The van der Waals surface area contributed by atoms with Gasteiger partial charge in [-0.3, -0.25) is 4.79 Å². The second kappa shape index (κ2) is 6.86. The number of aromatic nitrogens is 1. The highest BCUT2D eigenvalue weighted by Crippen LogP contribution is 2.18. The summed E-state index contributed by atoms with van der Waals surface area (Å²) in [6.45, 7) is 0. The summed E-state index contributed by atoms with van der Waals surface area (Å²) < 4.78 is 5.08. The fraction of sp³-hybridized carbons (Fsp3) is 0.133. The number of allylic oxidation sites excluding steroid dienone is 1. The van der Waals surface area contributed by atoms with Gasteiger partial charge in [0.2, 0.25) is 11.5 Å². The Bertz CT molecular complexity index is 718. The van der Waals surface area contributed by atoms with Crippen LogP contribution in [-0.2, 0) is 11.2 Å². The Hall–Kier alpha value is -2.67. The van der Waals surface area contributed by atoms with Crippen molar-refractivity contribution in [1.82, 2.24) is 4.98 Å². The molecule has 0 aliphatic heterocycles. The van der Waals surface area contributed by atoms with Crippen LogP contribution in [0.5, 0.6) is 5.75 Å². The summed E-state index contributed by atoms with van der Waals surface area (Å²) in [4.78, 5) is 26.4. The highest BCUT2D eigenvalue weighted by Gasteiger charge is 2.13. The number of carbonyl (C=O) groups excluding carboxylic acids is 1. The standard InChI is InChI=1S/C15H13NO5S/c1-21-10-4-2-9(3-5-10)6-14-16-11(8-22-14)12(17)7-13(18)15(19)20/h2-5,7-8,18H,6H2,1H3,(H,19,20)/b13-7-. The smallest absolute Gasteiger partial charge is 0.371 e. The van der Waals surface area contributed by atoms with Crippen molar-refractivity contribution < 1.29 is 24.5 Å². The zero-order valence-electron chi connectivity index (χ0n) is 11.6. The summed E-state index contributed by atoms with van der Waals surface area (Å²) >= 11 is 1.30. The lowest BCUT2D eigenvalue weighted by Crippen LogP contribution is -2.04. The molecule has 0 spiro atoms. The lowest BCUT2D eigenvalue weighted by Gasteiger charge is -2.01. The number of carboxylic acids is 1. The molecule has 1 aromatic carbocycles. The zero-order chi connectivity index (χ0) is 16.1. The van der Waals surface area contributed by atoms with Crippen molar-refractivity contribution in [3.63, 3.8) is 0 Å². The minimum absolute atomic E-state index is 0.112. The van der Waals surface area contributed by atoms with Crippen LogP contribution in [0.15, 0.2) is 41.5 Å². The Balaban J connectivity index is 2.09. The molecule has 114 valence electrons. The molecule has 0 amide bonds. The molecule has 1 heterocycles. The molecule has 0 aliphatic rings. The molecule has 0 radical (unpaired) electrons. The molecule has 2 N–H and O–H groups in total. The molecule has 0 saturated heterocycles. The predicted molar refractivity (Wildman–Crippen MR) is 80.6 cm³/mol. The van der Waals surface area contributed by atoms with Gasteiger partial charge in [-0.25, -0.2) is 9.78 Å². The van der Waals surface area contributed by atoms with Crippen LogP contribution in [0, 0.1) is 0 Å². The highest BCUT2D eigenvalue weighted by molar-refractivity contribution is 7.09. The van der Waals surface area contributed by atoms with Crippen LogP contribution >= 0.6 is 11.3 Å². The van der Waals surface area contributed by atoms with E-state index < -0.39 is 17.5 Å². The van der Waals surface area contributed by atoms with Gasteiger partial charge in [-0.05, 0) is 17.7 Å². The number of methoxy groups -OCH3 is 1. The van der Waals surface area contributed by atoms with Crippen LogP contribution in [0.25, 0.3) is 0 Å². The van der Waals surface area contributed by atoms with E-state index in [9.17, 15) is 9.59 Å². The van der Waals surface area contributed by atoms with E-state index in [0.717, 1.165) is 16.3 Å². The van der Waals surface area contributed by atoms with E-state index in [1.807, 2.05) is 24.3 Å². The first kappa shape index (κ1) is 15.7. The Morgan fingerprint density at radius 2 is 1.95 bits per heavy atom. The lowest BCUT2D eigenvalue weighted by molar-refractivity contribution is -0.135.